The molecule has 13 heavy (non-hydrogen) atoms. The Morgan fingerprint density at radius 2 is 2.31 bits per heavy atom. The first-order valence-corrected chi connectivity index (χ1v) is 5.20. The highest BCUT2D eigenvalue weighted by Crippen LogP contribution is 2.25. The maximum atomic E-state index is 11.0. The smallest absolute Gasteiger partial charge is 0.234 e. The zero-order valence-corrected chi connectivity index (χ0v) is 8.55. The van der Waals surface area contributed by atoms with E-state index < -0.39 is 0 Å². The van der Waals surface area contributed by atoms with Crippen molar-refractivity contribution in [3.63, 3.8) is 0 Å². The maximum Gasteiger partial charge on any atom is 0.234 e. The Morgan fingerprint density at radius 3 is 2.69 bits per heavy atom. The van der Waals surface area contributed by atoms with Gasteiger partial charge in [0.05, 0.1) is 6.04 Å². The first-order chi connectivity index (χ1) is 6.15. The summed E-state index contributed by atoms with van der Waals surface area (Å²) in [6.07, 6.45) is 4.52. The normalized spacial score (nSPS) is 30.3. The number of hydrogen-bond acceptors (Lipinski definition) is 2. The summed E-state index contributed by atoms with van der Waals surface area (Å²) in [7, 11) is 0. The summed E-state index contributed by atoms with van der Waals surface area (Å²) in [5.74, 6) is 0.468. The van der Waals surface area contributed by atoms with Crippen LogP contribution in [-0.4, -0.2) is 18.0 Å². The molecular formula is C10H20N2O. The van der Waals surface area contributed by atoms with Crippen molar-refractivity contribution >= 4 is 5.91 Å². The van der Waals surface area contributed by atoms with E-state index in [1.165, 1.54) is 19.3 Å². The molecule has 0 aromatic rings. The van der Waals surface area contributed by atoms with Crippen LogP contribution in [0.5, 0.6) is 0 Å². The number of amides is 1. The van der Waals surface area contributed by atoms with Gasteiger partial charge in [0.1, 0.15) is 0 Å². The fraction of sp³-hybridized carbons (Fsp3) is 0.900. The number of rotatable bonds is 4. The molecular weight excluding hydrogens is 164 g/mol. The second kappa shape index (κ2) is 4.61. The van der Waals surface area contributed by atoms with E-state index in [-0.39, 0.29) is 11.9 Å². The van der Waals surface area contributed by atoms with Gasteiger partial charge in [-0.15, -0.1) is 0 Å². The van der Waals surface area contributed by atoms with E-state index >= 15 is 0 Å². The van der Waals surface area contributed by atoms with Crippen LogP contribution in [-0.2, 0) is 4.79 Å². The van der Waals surface area contributed by atoms with Crippen molar-refractivity contribution in [3.05, 3.63) is 0 Å². The Morgan fingerprint density at radius 1 is 1.62 bits per heavy atom. The van der Waals surface area contributed by atoms with Gasteiger partial charge in [-0.2, -0.15) is 0 Å². The Balaban J connectivity index is 2.41. The van der Waals surface area contributed by atoms with Crippen molar-refractivity contribution in [1.82, 2.24) is 5.32 Å². The maximum absolute atomic E-state index is 11.0. The predicted molar refractivity (Wildman–Crippen MR) is 53.2 cm³/mol. The van der Waals surface area contributed by atoms with Gasteiger partial charge in [0.2, 0.25) is 5.91 Å². The van der Waals surface area contributed by atoms with Crippen LogP contribution in [0.3, 0.4) is 0 Å². The predicted octanol–water partition coefficient (Wildman–Crippen LogP) is 1.03. The molecule has 1 aliphatic rings. The van der Waals surface area contributed by atoms with E-state index in [0.717, 1.165) is 6.42 Å². The molecule has 1 saturated carbocycles. The summed E-state index contributed by atoms with van der Waals surface area (Å²) in [6.45, 7) is 4.22. The quantitative estimate of drug-likeness (QED) is 0.685. The number of carbonyl (C=O) groups is 1. The van der Waals surface area contributed by atoms with Gasteiger partial charge in [0.15, 0.2) is 0 Å². The van der Waals surface area contributed by atoms with Crippen molar-refractivity contribution in [2.75, 3.05) is 0 Å². The second-order valence-electron chi connectivity index (χ2n) is 4.04. The lowest BCUT2D eigenvalue weighted by atomic mass is 10.0. The fourth-order valence-corrected chi connectivity index (χ4v) is 2.05. The molecule has 3 heteroatoms. The molecule has 0 bridgehead atoms. The molecule has 0 aromatic heterocycles. The highest BCUT2D eigenvalue weighted by atomic mass is 16.1. The minimum atomic E-state index is -0.221. The zero-order chi connectivity index (χ0) is 9.84. The van der Waals surface area contributed by atoms with Gasteiger partial charge >= 0.3 is 0 Å². The highest BCUT2D eigenvalue weighted by molar-refractivity contribution is 5.79. The minimum absolute atomic E-state index is 0.134. The third-order valence-corrected chi connectivity index (χ3v) is 3.03. The Hall–Kier alpha value is -0.570. The molecule has 0 aromatic carbocycles. The lowest BCUT2D eigenvalue weighted by Crippen LogP contribution is -2.46. The number of primary amides is 1. The molecule has 1 rings (SSSR count). The summed E-state index contributed by atoms with van der Waals surface area (Å²) < 4.78 is 0. The Bertz CT molecular complexity index is 182. The molecule has 1 fully saturated rings. The van der Waals surface area contributed by atoms with E-state index in [0.29, 0.717) is 12.0 Å². The summed E-state index contributed by atoms with van der Waals surface area (Å²) in [5, 5.41) is 3.34. The van der Waals surface area contributed by atoms with Crippen LogP contribution in [0.2, 0.25) is 0 Å². The molecule has 3 nitrogen and oxygen atoms in total. The summed E-state index contributed by atoms with van der Waals surface area (Å²) in [5.41, 5.74) is 5.27. The second-order valence-corrected chi connectivity index (χ2v) is 4.04. The lowest BCUT2D eigenvalue weighted by Gasteiger charge is -2.22. The van der Waals surface area contributed by atoms with Crippen LogP contribution in [0.1, 0.15) is 39.5 Å². The zero-order valence-electron chi connectivity index (χ0n) is 8.55. The monoisotopic (exact) mass is 184 g/mol. The number of hydrogen-bond donors (Lipinski definition) is 2. The van der Waals surface area contributed by atoms with Crippen LogP contribution in [0, 0.1) is 5.92 Å². The molecule has 76 valence electrons. The molecule has 0 radical (unpaired) electrons. The first-order valence-electron chi connectivity index (χ1n) is 5.20. The molecule has 0 saturated heterocycles. The number of nitrogens with one attached hydrogen (secondary N) is 1. The highest BCUT2D eigenvalue weighted by Gasteiger charge is 2.26. The van der Waals surface area contributed by atoms with Gasteiger partial charge < -0.3 is 11.1 Å². The Labute approximate surface area is 80.1 Å². The summed E-state index contributed by atoms with van der Waals surface area (Å²) in [6, 6.07) is 0.364. The van der Waals surface area contributed by atoms with Crippen molar-refractivity contribution in [3.8, 4) is 0 Å². The van der Waals surface area contributed by atoms with E-state index in [4.69, 9.17) is 5.73 Å². The van der Waals surface area contributed by atoms with E-state index in [1.54, 1.807) is 0 Å². The largest absolute Gasteiger partial charge is 0.368 e. The average molecular weight is 184 g/mol. The third-order valence-electron chi connectivity index (χ3n) is 3.03. The molecule has 3 atom stereocenters. The van der Waals surface area contributed by atoms with Crippen molar-refractivity contribution in [1.29, 1.82) is 0 Å². The van der Waals surface area contributed by atoms with Gasteiger partial charge in [-0.25, -0.2) is 0 Å². The average Bonchev–Trinajstić information content (AvgIpc) is 2.46. The number of carbonyl (C=O) groups excluding carboxylic acids is 1. The van der Waals surface area contributed by atoms with Gasteiger partial charge in [0, 0.05) is 6.04 Å². The summed E-state index contributed by atoms with van der Waals surface area (Å²) in [4.78, 5) is 11.0. The fourth-order valence-electron chi connectivity index (χ4n) is 2.05. The van der Waals surface area contributed by atoms with E-state index in [1.807, 2.05) is 6.92 Å². The topological polar surface area (TPSA) is 55.1 Å². The van der Waals surface area contributed by atoms with Gasteiger partial charge in [-0.05, 0) is 25.2 Å². The molecule has 1 amide bonds. The molecule has 1 aliphatic carbocycles. The van der Waals surface area contributed by atoms with E-state index in [2.05, 4.69) is 12.2 Å². The van der Waals surface area contributed by atoms with Gasteiger partial charge in [-0.3, -0.25) is 4.79 Å². The van der Waals surface area contributed by atoms with Crippen LogP contribution < -0.4 is 11.1 Å². The number of nitrogens with two attached hydrogens (primary N) is 1. The first kappa shape index (κ1) is 10.5. The molecule has 0 heterocycles. The minimum Gasteiger partial charge on any atom is -0.368 e. The molecule has 0 aliphatic heterocycles. The molecule has 0 spiro atoms. The molecule has 3 N–H and O–H groups in total. The van der Waals surface area contributed by atoms with E-state index in [9.17, 15) is 4.79 Å². The van der Waals surface area contributed by atoms with Crippen LogP contribution in [0.25, 0.3) is 0 Å². The van der Waals surface area contributed by atoms with Crippen LogP contribution >= 0.6 is 0 Å². The van der Waals surface area contributed by atoms with Crippen molar-refractivity contribution < 1.29 is 4.79 Å². The van der Waals surface area contributed by atoms with Gasteiger partial charge in [-0.1, -0.05) is 20.3 Å². The van der Waals surface area contributed by atoms with Crippen LogP contribution in [0.15, 0.2) is 0 Å². The third kappa shape index (κ3) is 2.69. The lowest BCUT2D eigenvalue weighted by molar-refractivity contribution is -0.120. The van der Waals surface area contributed by atoms with Crippen molar-refractivity contribution in [2.24, 2.45) is 11.7 Å². The SMILES string of the molecule is CCC(NC1CCCC1C)C(N)=O. The molecule has 3 unspecified atom stereocenters. The summed E-state index contributed by atoms with van der Waals surface area (Å²) >= 11 is 0. The van der Waals surface area contributed by atoms with Gasteiger partial charge in [0.25, 0.3) is 0 Å². The Kier molecular flexibility index (Phi) is 3.72. The standard InChI is InChI=1S/C10H20N2O/c1-3-8(10(11)13)12-9-6-4-5-7(9)2/h7-9,12H,3-6H2,1-2H3,(H2,11,13). The van der Waals surface area contributed by atoms with Crippen molar-refractivity contribution in [2.45, 2.75) is 51.6 Å². The van der Waals surface area contributed by atoms with Crippen LogP contribution in [0.4, 0.5) is 0 Å².